The molecule has 106 valence electrons. The Morgan fingerprint density at radius 2 is 2.00 bits per heavy atom. The number of methoxy groups -OCH3 is 1. The largest absolute Gasteiger partial charge is 0.495 e. The van der Waals surface area contributed by atoms with Gasteiger partial charge in [0.15, 0.2) is 0 Å². The van der Waals surface area contributed by atoms with Gasteiger partial charge in [0.1, 0.15) is 5.75 Å². The molecule has 0 saturated carbocycles. The van der Waals surface area contributed by atoms with Gasteiger partial charge in [0, 0.05) is 11.3 Å². The van der Waals surface area contributed by atoms with E-state index in [4.69, 9.17) is 10.5 Å². The SMILES string of the molecule is COc1ccc(C(=O)Nc2ccccc2)cc1C#CCN. The van der Waals surface area contributed by atoms with Gasteiger partial charge in [0.25, 0.3) is 5.91 Å². The van der Waals surface area contributed by atoms with Crippen molar-refractivity contribution < 1.29 is 9.53 Å². The van der Waals surface area contributed by atoms with Crippen LogP contribution in [0.4, 0.5) is 5.69 Å². The third-order valence-corrected chi connectivity index (χ3v) is 2.82. The molecule has 4 heteroatoms. The number of amides is 1. The van der Waals surface area contributed by atoms with Crippen LogP contribution in [0.2, 0.25) is 0 Å². The van der Waals surface area contributed by atoms with Gasteiger partial charge in [0.2, 0.25) is 0 Å². The lowest BCUT2D eigenvalue weighted by Gasteiger charge is -2.08. The molecule has 0 aliphatic rings. The third kappa shape index (κ3) is 3.85. The van der Waals surface area contributed by atoms with Crippen molar-refractivity contribution >= 4 is 11.6 Å². The van der Waals surface area contributed by atoms with Crippen LogP contribution in [-0.2, 0) is 0 Å². The van der Waals surface area contributed by atoms with Gasteiger partial charge < -0.3 is 15.8 Å². The molecular formula is C17H16N2O2. The molecule has 0 unspecified atom stereocenters. The lowest BCUT2D eigenvalue weighted by Crippen LogP contribution is -2.12. The van der Waals surface area contributed by atoms with Gasteiger partial charge in [-0.15, -0.1) is 0 Å². The van der Waals surface area contributed by atoms with E-state index in [1.165, 1.54) is 0 Å². The average Bonchev–Trinajstić information content (AvgIpc) is 2.53. The van der Waals surface area contributed by atoms with Crippen molar-refractivity contribution in [2.75, 3.05) is 19.0 Å². The van der Waals surface area contributed by atoms with E-state index < -0.39 is 0 Å². The number of carbonyl (C=O) groups excluding carboxylic acids is 1. The number of nitrogens with one attached hydrogen (secondary N) is 1. The number of nitrogens with two attached hydrogens (primary N) is 1. The average molecular weight is 280 g/mol. The van der Waals surface area contributed by atoms with Crippen LogP contribution >= 0.6 is 0 Å². The molecule has 4 nitrogen and oxygen atoms in total. The molecule has 2 aromatic rings. The Bertz CT molecular complexity index is 685. The maximum atomic E-state index is 12.2. The second-order valence-corrected chi connectivity index (χ2v) is 4.24. The van der Waals surface area contributed by atoms with Crippen molar-refractivity contribution in [2.45, 2.75) is 0 Å². The van der Waals surface area contributed by atoms with Crippen molar-refractivity contribution in [1.82, 2.24) is 0 Å². The summed E-state index contributed by atoms with van der Waals surface area (Å²) < 4.78 is 5.22. The molecule has 0 fully saturated rings. The lowest BCUT2D eigenvalue weighted by molar-refractivity contribution is 0.102. The maximum Gasteiger partial charge on any atom is 0.255 e. The van der Waals surface area contributed by atoms with Crippen molar-refractivity contribution in [3.8, 4) is 17.6 Å². The Hall–Kier alpha value is -2.77. The molecule has 2 aromatic carbocycles. The fraction of sp³-hybridized carbons (Fsp3) is 0.118. The lowest BCUT2D eigenvalue weighted by atomic mass is 10.1. The van der Waals surface area contributed by atoms with E-state index >= 15 is 0 Å². The van der Waals surface area contributed by atoms with Gasteiger partial charge in [-0.2, -0.15) is 0 Å². The monoisotopic (exact) mass is 280 g/mol. The third-order valence-electron chi connectivity index (χ3n) is 2.82. The second kappa shape index (κ2) is 7.13. The van der Waals surface area contributed by atoms with Crippen molar-refractivity contribution in [1.29, 1.82) is 0 Å². The Balaban J connectivity index is 2.25. The highest BCUT2D eigenvalue weighted by Gasteiger charge is 2.09. The molecule has 3 N–H and O–H groups in total. The van der Waals surface area contributed by atoms with Crippen LogP contribution in [0, 0.1) is 11.8 Å². The van der Waals surface area contributed by atoms with E-state index in [0.717, 1.165) is 5.69 Å². The quantitative estimate of drug-likeness (QED) is 0.848. The summed E-state index contributed by atoms with van der Waals surface area (Å²) in [5.41, 5.74) is 7.27. The van der Waals surface area contributed by atoms with Gasteiger partial charge in [-0.05, 0) is 30.3 Å². The van der Waals surface area contributed by atoms with Gasteiger partial charge in [-0.3, -0.25) is 4.79 Å². The zero-order valence-electron chi connectivity index (χ0n) is 11.7. The standard InChI is InChI=1S/C17H16N2O2/c1-21-16-10-9-14(12-13(16)6-5-11-18)17(20)19-15-7-3-2-4-8-15/h2-4,7-10,12H,11,18H2,1H3,(H,19,20). The van der Waals surface area contributed by atoms with Crippen LogP contribution in [0.1, 0.15) is 15.9 Å². The molecule has 21 heavy (non-hydrogen) atoms. The summed E-state index contributed by atoms with van der Waals surface area (Å²) in [6.07, 6.45) is 0. The zero-order valence-corrected chi connectivity index (χ0v) is 11.7. The van der Waals surface area contributed by atoms with Gasteiger partial charge in [-0.25, -0.2) is 0 Å². The first-order valence-electron chi connectivity index (χ1n) is 6.48. The summed E-state index contributed by atoms with van der Waals surface area (Å²) in [7, 11) is 1.56. The first-order valence-corrected chi connectivity index (χ1v) is 6.48. The molecule has 0 heterocycles. The fourth-order valence-electron chi connectivity index (χ4n) is 1.82. The minimum absolute atomic E-state index is 0.195. The van der Waals surface area contributed by atoms with E-state index in [-0.39, 0.29) is 12.5 Å². The Morgan fingerprint density at radius 3 is 2.67 bits per heavy atom. The number of rotatable bonds is 3. The van der Waals surface area contributed by atoms with Crippen LogP contribution in [0.15, 0.2) is 48.5 Å². The van der Waals surface area contributed by atoms with Gasteiger partial charge >= 0.3 is 0 Å². The number of ether oxygens (including phenoxy) is 1. The Labute approximate surface area is 123 Å². The van der Waals surface area contributed by atoms with Crippen LogP contribution in [0.25, 0.3) is 0 Å². The van der Waals surface area contributed by atoms with E-state index in [2.05, 4.69) is 17.2 Å². The van der Waals surface area contributed by atoms with Crippen molar-refractivity contribution in [3.63, 3.8) is 0 Å². The van der Waals surface area contributed by atoms with Crippen molar-refractivity contribution in [3.05, 3.63) is 59.7 Å². The van der Waals surface area contributed by atoms with Crippen LogP contribution in [-0.4, -0.2) is 19.6 Å². The fourth-order valence-corrected chi connectivity index (χ4v) is 1.82. The molecule has 0 atom stereocenters. The summed E-state index contributed by atoms with van der Waals surface area (Å²) in [5.74, 6) is 6.09. The van der Waals surface area contributed by atoms with Crippen LogP contribution < -0.4 is 15.8 Å². The minimum atomic E-state index is -0.195. The topological polar surface area (TPSA) is 64.3 Å². The predicted octanol–water partition coefficient (Wildman–Crippen LogP) is 2.26. The van der Waals surface area contributed by atoms with E-state index in [1.54, 1.807) is 25.3 Å². The van der Waals surface area contributed by atoms with E-state index in [9.17, 15) is 4.79 Å². The van der Waals surface area contributed by atoms with E-state index in [1.807, 2.05) is 30.3 Å². The predicted molar refractivity (Wildman–Crippen MR) is 83.3 cm³/mol. The number of para-hydroxylation sites is 1. The normalized spacial score (nSPS) is 9.43. The van der Waals surface area contributed by atoms with Crippen LogP contribution in [0.3, 0.4) is 0 Å². The smallest absolute Gasteiger partial charge is 0.255 e. The number of hydrogen-bond acceptors (Lipinski definition) is 3. The second-order valence-electron chi connectivity index (χ2n) is 4.24. The number of benzene rings is 2. The van der Waals surface area contributed by atoms with Crippen molar-refractivity contribution in [2.24, 2.45) is 5.73 Å². The summed E-state index contributed by atoms with van der Waals surface area (Å²) in [4.78, 5) is 12.2. The highest BCUT2D eigenvalue weighted by molar-refractivity contribution is 6.04. The Kier molecular flexibility index (Phi) is 4.97. The molecule has 2 rings (SSSR count). The molecule has 0 spiro atoms. The summed E-state index contributed by atoms with van der Waals surface area (Å²) in [5, 5.41) is 2.83. The van der Waals surface area contributed by atoms with Crippen LogP contribution in [0.5, 0.6) is 5.75 Å². The molecule has 1 amide bonds. The highest BCUT2D eigenvalue weighted by atomic mass is 16.5. The highest BCUT2D eigenvalue weighted by Crippen LogP contribution is 2.19. The maximum absolute atomic E-state index is 12.2. The zero-order chi connectivity index (χ0) is 15.1. The molecule has 0 aliphatic heterocycles. The number of carbonyl (C=O) groups is 1. The molecule has 0 bridgehead atoms. The summed E-state index contributed by atoms with van der Waals surface area (Å²) >= 11 is 0. The Morgan fingerprint density at radius 1 is 1.24 bits per heavy atom. The molecule has 0 aliphatic carbocycles. The first kappa shape index (κ1) is 14.6. The molecule has 0 aromatic heterocycles. The van der Waals surface area contributed by atoms with Gasteiger partial charge in [0.05, 0.1) is 19.2 Å². The molecule has 0 radical (unpaired) electrons. The molecular weight excluding hydrogens is 264 g/mol. The molecule has 0 saturated heterocycles. The first-order chi connectivity index (χ1) is 10.2. The number of anilines is 1. The van der Waals surface area contributed by atoms with Gasteiger partial charge in [-0.1, -0.05) is 30.0 Å². The summed E-state index contributed by atoms with van der Waals surface area (Å²) in [6, 6.07) is 14.4. The minimum Gasteiger partial charge on any atom is -0.495 e. The summed E-state index contributed by atoms with van der Waals surface area (Å²) in [6.45, 7) is 0.254. The number of hydrogen-bond donors (Lipinski definition) is 2. The van der Waals surface area contributed by atoms with E-state index in [0.29, 0.717) is 16.9 Å².